The lowest BCUT2D eigenvalue weighted by Gasteiger charge is -1.93. The van der Waals surface area contributed by atoms with Gasteiger partial charge in [0.25, 0.3) is 0 Å². The lowest BCUT2D eigenvalue weighted by Crippen LogP contribution is -1.93. The molecule has 2 nitrogen and oxygen atoms in total. The first-order chi connectivity index (χ1) is 6.81. The Hall–Kier alpha value is -1.05. The third-order valence-corrected chi connectivity index (χ3v) is 1.85. The first-order valence-electron chi connectivity index (χ1n) is 5.20. The van der Waals surface area contributed by atoms with Crippen LogP contribution in [-0.2, 0) is 9.53 Å². The molecule has 0 fully saturated rings. The minimum Gasteiger partial charge on any atom is -0.466 e. The molecule has 0 atom stereocenters. The number of ether oxygens (including phenoxy) is 1. The molecule has 0 saturated carbocycles. The van der Waals surface area contributed by atoms with Gasteiger partial charge in [-0.25, -0.2) is 4.79 Å². The topological polar surface area (TPSA) is 26.3 Å². The number of unbranched alkanes of at least 4 members (excludes halogenated alkanes) is 3. The summed E-state index contributed by atoms with van der Waals surface area (Å²) >= 11 is 0. The predicted molar refractivity (Wildman–Crippen MR) is 59.1 cm³/mol. The number of esters is 1. The summed E-state index contributed by atoms with van der Waals surface area (Å²) in [7, 11) is 1.39. The first kappa shape index (κ1) is 12.9. The lowest BCUT2D eigenvalue weighted by molar-refractivity contribution is -0.134. The van der Waals surface area contributed by atoms with Crippen molar-refractivity contribution in [1.82, 2.24) is 0 Å². The Labute approximate surface area is 86.6 Å². The van der Waals surface area contributed by atoms with Crippen LogP contribution < -0.4 is 0 Å². The van der Waals surface area contributed by atoms with Gasteiger partial charge in [-0.15, -0.1) is 0 Å². The summed E-state index contributed by atoms with van der Waals surface area (Å²) in [5.74, 6) is -0.268. The molecule has 2 heteroatoms. The zero-order chi connectivity index (χ0) is 10.6. The standard InChI is InChI=1S/C12H20O2/c1-3-4-5-6-7-8-9-10-11-12(13)14-2/h4-5,10-11H,3,6-9H2,1-2H3/b5-4+,11-10+. The number of carbonyl (C=O) groups is 1. The predicted octanol–water partition coefficient (Wildman–Crippen LogP) is 3.24. The second kappa shape index (κ2) is 10.0. The van der Waals surface area contributed by atoms with E-state index in [9.17, 15) is 4.79 Å². The second-order valence-electron chi connectivity index (χ2n) is 3.09. The van der Waals surface area contributed by atoms with E-state index in [1.54, 1.807) is 0 Å². The van der Waals surface area contributed by atoms with E-state index < -0.39 is 0 Å². The van der Waals surface area contributed by atoms with E-state index in [4.69, 9.17) is 0 Å². The molecule has 0 aromatic heterocycles. The van der Waals surface area contributed by atoms with Crippen LogP contribution in [-0.4, -0.2) is 13.1 Å². The molecule has 0 aliphatic rings. The fraction of sp³-hybridized carbons (Fsp3) is 0.583. The van der Waals surface area contributed by atoms with Crippen LogP contribution in [0.1, 0.15) is 39.0 Å². The Bertz CT molecular complexity index is 192. The van der Waals surface area contributed by atoms with Crippen molar-refractivity contribution >= 4 is 5.97 Å². The molecule has 0 rings (SSSR count). The van der Waals surface area contributed by atoms with Crippen molar-refractivity contribution in [3.63, 3.8) is 0 Å². The molecule has 0 saturated heterocycles. The molecule has 0 heterocycles. The Morgan fingerprint density at radius 1 is 1.14 bits per heavy atom. The van der Waals surface area contributed by atoms with Gasteiger partial charge in [0.2, 0.25) is 0 Å². The number of carbonyl (C=O) groups excluding carboxylic acids is 1. The quantitative estimate of drug-likeness (QED) is 0.270. The molecular weight excluding hydrogens is 176 g/mol. The molecular formula is C12H20O2. The average molecular weight is 196 g/mol. The van der Waals surface area contributed by atoms with Gasteiger partial charge in [-0.1, -0.05) is 25.2 Å². The SMILES string of the molecule is CC/C=C/CCCC/C=C/C(=O)OC. The molecule has 0 spiro atoms. The van der Waals surface area contributed by atoms with E-state index in [0.717, 1.165) is 25.7 Å². The summed E-state index contributed by atoms with van der Waals surface area (Å²) < 4.78 is 4.47. The summed E-state index contributed by atoms with van der Waals surface area (Å²) in [6.07, 6.45) is 13.3. The van der Waals surface area contributed by atoms with Gasteiger partial charge >= 0.3 is 5.97 Å². The van der Waals surface area contributed by atoms with Crippen molar-refractivity contribution in [2.75, 3.05) is 7.11 Å². The summed E-state index contributed by atoms with van der Waals surface area (Å²) in [6.45, 7) is 2.13. The summed E-state index contributed by atoms with van der Waals surface area (Å²) in [6, 6.07) is 0. The number of hydrogen-bond acceptors (Lipinski definition) is 2. The van der Waals surface area contributed by atoms with E-state index in [0.29, 0.717) is 0 Å². The van der Waals surface area contributed by atoms with Gasteiger partial charge in [0.05, 0.1) is 7.11 Å². The van der Waals surface area contributed by atoms with E-state index in [1.165, 1.54) is 19.6 Å². The largest absolute Gasteiger partial charge is 0.466 e. The van der Waals surface area contributed by atoms with Gasteiger partial charge in [-0.05, 0) is 32.1 Å². The van der Waals surface area contributed by atoms with E-state index in [2.05, 4.69) is 23.8 Å². The van der Waals surface area contributed by atoms with Crippen LogP contribution in [0.4, 0.5) is 0 Å². The zero-order valence-corrected chi connectivity index (χ0v) is 9.16. The van der Waals surface area contributed by atoms with Crippen LogP contribution in [0.3, 0.4) is 0 Å². The van der Waals surface area contributed by atoms with Crippen molar-refractivity contribution < 1.29 is 9.53 Å². The van der Waals surface area contributed by atoms with Gasteiger partial charge in [-0.3, -0.25) is 0 Å². The third kappa shape index (κ3) is 9.04. The van der Waals surface area contributed by atoms with Gasteiger partial charge in [-0.2, -0.15) is 0 Å². The molecule has 14 heavy (non-hydrogen) atoms. The monoisotopic (exact) mass is 196 g/mol. The number of allylic oxidation sites excluding steroid dienone is 3. The molecule has 0 radical (unpaired) electrons. The molecule has 0 aliphatic heterocycles. The lowest BCUT2D eigenvalue weighted by atomic mass is 10.2. The van der Waals surface area contributed by atoms with Crippen LogP contribution in [0.5, 0.6) is 0 Å². The van der Waals surface area contributed by atoms with Crippen molar-refractivity contribution in [3.05, 3.63) is 24.3 Å². The third-order valence-electron chi connectivity index (χ3n) is 1.85. The fourth-order valence-corrected chi connectivity index (χ4v) is 1.06. The average Bonchev–Trinajstić information content (AvgIpc) is 2.21. The van der Waals surface area contributed by atoms with Gasteiger partial charge in [0, 0.05) is 6.08 Å². The van der Waals surface area contributed by atoms with E-state index in [-0.39, 0.29) is 5.97 Å². The highest BCUT2D eigenvalue weighted by Crippen LogP contribution is 2.02. The number of methoxy groups -OCH3 is 1. The van der Waals surface area contributed by atoms with Crippen molar-refractivity contribution in [2.24, 2.45) is 0 Å². The smallest absolute Gasteiger partial charge is 0.330 e. The minimum absolute atomic E-state index is 0.268. The zero-order valence-electron chi connectivity index (χ0n) is 9.16. The van der Waals surface area contributed by atoms with Crippen molar-refractivity contribution in [1.29, 1.82) is 0 Å². The van der Waals surface area contributed by atoms with Crippen LogP contribution in [0.25, 0.3) is 0 Å². The molecule has 0 aromatic carbocycles. The second-order valence-corrected chi connectivity index (χ2v) is 3.09. The summed E-state index contributed by atoms with van der Waals surface area (Å²) in [4.78, 5) is 10.7. The maximum absolute atomic E-state index is 10.7. The van der Waals surface area contributed by atoms with E-state index >= 15 is 0 Å². The van der Waals surface area contributed by atoms with Crippen LogP contribution in [0.15, 0.2) is 24.3 Å². The Morgan fingerprint density at radius 3 is 2.36 bits per heavy atom. The molecule has 0 aliphatic carbocycles. The minimum atomic E-state index is -0.268. The maximum Gasteiger partial charge on any atom is 0.330 e. The van der Waals surface area contributed by atoms with Gasteiger partial charge < -0.3 is 4.74 Å². The molecule has 0 amide bonds. The van der Waals surface area contributed by atoms with Crippen LogP contribution in [0.2, 0.25) is 0 Å². The Balaban J connectivity index is 3.25. The molecule has 0 N–H and O–H groups in total. The number of rotatable bonds is 7. The molecule has 0 unspecified atom stereocenters. The highest BCUT2D eigenvalue weighted by Gasteiger charge is 1.89. The molecule has 0 bridgehead atoms. The van der Waals surface area contributed by atoms with E-state index in [1.807, 2.05) is 6.08 Å². The van der Waals surface area contributed by atoms with Crippen LogP contribution >= 0.6 is 0 Å². The molecule has 80 valence electrons. The van der Waals surface area contributed by atoms with Crippen LogP contribution in [0, 0.1) is 0 Å². The summed E-state index contributed by atoms with van der Waals surface area (Å²) in [5.41, 5.74) is 0. The Morgan fingerprint density at radius 2 is 1.79 bits per heavy atom. The van der Waals surface area contributed by atoms with Crippen molar-refractivity contribution in [2.45, 2.75) is 39.0 Å². The maximum atomic E-state index is 10.7. The first-order valence-corrected chi connectivity index (χ1v) is 5.20. The fourth-order valence-electron chi connectivity index (χ4n) is 1.06. The van der Waals surface area contributed by atoms with Crippen molar-refractivity contribution in [3.8, 4) is 0 Å². The highest BCUT2D eigenvalue weighted by molar-refractivity contribution is 5.81. The summed E-state index contributed by atoms with van der Waals surface area (Å²) in [5, 5.41) is 0. The van der Waals surface area contributed by atoms with Gasteiger partial charge in [0.15, 0.2) is 0 Å². The highest BCUT2D eigenvalue weighted by atomic mass is 16.5. The Kier molecular flexibility index (Phi) is 9.28. The normalized spacial score (nSPS) is 11.3. The van der Waals surface area contributed by atoms with Gasteiger partial charge in [0.1, 0.15) is 0 Å². The number of hydrogen-bond donors (Lipinski definition) is 0. The molecule has 0 aromatic rings.